The average Bonchev–Trinajstić information content (AvgIpc) is 2.26. The van der Waals surface area contributed by atoms with E-state index < -0.39 is 11.7 Å². The van der Waals surface area contributed by atoms with E-state index in [0.29, 0.717) is 6.54 Å². The lowest BCUT2D eigenvalue weighted by Crippen LogP contribution is -2.30. The monoisotopic (exact) mass is 277 g/mol. The second kappa shape index (κ2) is 6.82. The van der Waals surface area contributed by atoms with Gasteiger partial charge in [-0.3, -0.25) is 4.79 Å². The number of halogens is 3. The molecule has 0 heterocycles. The summed E-state index contributed by atoms with van der Waals surface area (Å²) in [7, 11) is 0. The Morgan fingerprint density at radius 2 is 2.24 bits per heavy atom. The summed E-state index contributed by atoms with van der Waals surface area (Å²) in [5, 5.41) is 2.53. The molecule has 94 valence electrons. The van der Waals surface area contributed by atoms with Gasteiger partial charge in [0, 0.05) is 6.54 Å². The van der Waals surface area contributed by atoms with Crippen molar-refractivity contribution in [2.24, 2.45) is 0 Å². The Morgan fingerprint density at radius 1 is 1.53 bits per heavy atom. The maximum Gasteiger partial charge on any atom is 0.255 e. The Balaban J connectivity index is 2.64. The minimum atomic E-state index is -0.628. The second-order valence-corrected chi connectivity index (χ2v) is 4.72. The number of amides is 1. The van der Waals surface area contributed by atoms with Crippen molar-refractivity contribution in [2.75, 3.05) is 6.54 Å². The molecule has 0 aliphatic heterocycles. The van der Waals surface area contributed by atoms with Gasteiger partial charge in [0.05, 0.1) is 16.0 Å². The van der Waals surface area contributed by atoms with E-state index in [1.807, 2.05) is 6.92 Å². The molecule has 0 aliphatic rings. The van der Waals surface area contributed by atoms with E-state index in [1.54, 1.807) is 0 Å². The molecule has 0 spiro atoms. The summed E-state index contributed by atoms with van der Waals surface area (Å²) < 4.78 is 13.4. The molecule has 1 unspecified atom stereocenters. The van der Waals surface area contributed by atoms with Gasteiger partial charge in [-0.2, -0.15) is 0 Å². The summed E-state index contributed by atoms with van der Waals surface area (Å²) in [5.41, 5.74) is -0.130. The van der Waals surface area contributed by atoms with E-state index in [1.165, 1.54) is 18.2 Å². The van der Waals surface area contributed by atoms with Crippen LogP contribution in [-0.2, 0) is 0 Å². The van der Waals surface area contributed by atoms with Gasteiger partial charge in [0.1, 0.15) is 5.82 Å². The van der Waals surface area contributed by atoms with Crippen LogP contribution in [0.3, 0.4) is 0 Å². The van der Waals surface area contributed by atoms with Crippen LogP contribution in [0, 0.1) is 5.82 Å². The summed E-state index contributed by atoms with van der Waals surface area (Å²) in [6.07, 6.45) is 1.73. The Hall–Kier alpha value is -0.800. The summed E-state index contributed by atoms with van der Waals surface area (Å²) in [6, 6.07) is 4.13. The fourth-order valence-corrected chi connectivity index (χ4v) is 1.97. The number of nitrogens with one attached hydrogen (secondary N) is 1. The van der Waals surface area contributed by atoms with Gasteiger partial charge in [0.2, 0.25) is 0 Å². The SMILES string of the molecule is CCCC(Cl)CNC(=O)c1c(F)cccc1Cl. The smallest absolute Gasteiger partial charge is 0.255 e. The highest BCUT2D eigenvalue weighted by atomic mass is 35.5. The third-order valence-corrected chi connectivity index (χ3v) is 2.96. The van der Waals surface area contributed by atoms with Crippen LogP contribution in [0.1, 0.15) is 30.1 Å². The van der Waals surface area contributed by atoms with Crippen molar-refractivity contribution in [3.8, 4) is 0 Å². The highest BCUT2D eigenvalue weighted by molar-refractivity contribution is 6.33. The van der Waals surface area contributed by atoms with Crippen LogP contribution in [0.2, 0.25) is 5.02 Å². The van der Waals surface area contributed by atoms with E-state index in [-0.39, 0.29) is 16.0 Å². The molecular weight excluding hydrogens is 264 g/mol. The van der Waals surface area contributed by atoms with E-state index in [4.69, 9.17) is 23.2 Å². The number of carbonyl (C=O) groups is 1. The molecule has 1 aromatic rings. The molecule has 5 heteroatoms. The lowest BCUT2D eigenvalue weighted by atomic mass is 10.2. The number of rotatable bonds is 5. The maximum atomic E-state index is 13.4. The minimum absolute atomic E-state index is 0.101. The Kier molecular flexibility index (Phi) is 5.72. The molecule has 1 atom stereocenters. The normalized spacial score (nSPS) is 12.2. The van der Waals surface area contributed by atoms with Gasteiger partial charge in [-0.05, 0) is 18.6 Å². The van der Waals surface area contributed by atoms with E-state index >= 15 is 0 Å². The van der Waals surface area contributed by atoms with Crippen LogP contribution >= 0.6 is 23.2 Å². The third kappa shape index (κ3) is 4.17. The Bertz CT molecular complexity index is 378. The highest BCUT2D eigenvalue weighted by Gasteiger charge is 2.16. The quantitative estimate of drug-likeness (QED) is 0.819. The number of hydrogen-bond acceptors (Lipinski definition) is 1. The zero-order chi connectivity index (χ0) is 12.8. The molecule has 1 rings (SSSR count). The van der Waals surface area contributed by atoms with Gasteiger partial charge in [0.25, 0.3) is 5.91 Å². The van der Waals surface area contributed by atoms with Crippen molar-refractivity contribution in [3.63, 3.8) is 0 Å². The van der Waals surface area contributed by atoms with Crippen LogP contribution in [-0.4, -0.2) is 17.8 Å². The van der Waals surface area contributed by atoms with Crippen molar-refractivity contribution in [2.45, 2.75) is 25.1 Å². The number of hydrogen-bond donors (Lipinski definition) is 1. The molecule has 1 amide bonds. The lowest BCUT2D eigenvalue weighted by molar-refractivity contribution is 0.0949. The van der Waals surface area contributed by atoms with Gasteiger partial charge in [0.15, 0.2) is 0 Å². The maximum absolute atomic E-state index is 13.4. The van der Waals surface area contributed by atoms with Gasteiger partial charge in [-0.15, -0.1) is 11.6 Å². The molecular formula is C12H14Cl2FNO. The number of alkyl halides is 1. The zero-order valence-corrected chi connectivity index (χ0v) is 11.0. The minimum Gasteiger partial charge on any atom is -0.350 e. The first-order valence-corrected chi connectivity index (χ1v) is 6.24. The molecule has 1 N–H and O–H groups in total. The zero-order valence-electron chi connectivity index (χ0n) is 9.47. The van der Waals surface area contributed by atoms with Crippen molar-refractivity contribution < 1.29 is 9.18 Å². The van der Waals surface area contributed by atoms with Crippen LogP contribution in [0.4, 0.5) is 4.39 Å². The van der Waals surface area contributed by atoms with E-state index in [0.717, 1.165) is 12.8 Å². The van der Waals surface area contributed by atoms with Crippen molar-refractivity contribution in [1.82, 2.24) is 5.32 Å². The van der Waals surface area contributed by atoms with Gasteiger partial charge in [-0.25, -0.2) is 4.39 Å². The molecule has 2 nitrogen and oxygen atoms in total. The summed E-state index contributed by atoms with van der Waals surface area (Å²) in [4.78, 5) is 11.7. The molecule has 0 aliphatic carbocycles. The molecule has 0 saturated carbocycles. The molecule has 0 aromatic heterocycles. The molecule has 1 aromatic carbocycles. The first kappa shape index (κ1) is 14.3. The Labute approximate surface area is 110 Å². The van der Waals surface area contributed by atoms with Crippen LogP contribution < -0.4 is 5.32 Å². The van der Waals surface area contributed by atoms with Crippen molar-refractivity contribution in [1.29, 1.82) is 0 Å². The van der Waals surface area contributed by atoms with Gasteiger partial charge in [-0.1, -0.05) is 31.0 Å². The topological polar surface area (TPSA) is 29.1 Å². The van der Waals surface area contributed by atoms with E-state index in [9.17, 15) is 9.18 Å². The molecule has 0 saturated heterocycles. The largest absolute Gasteiger partial charge is 0.350 e. The number of carbonyl (C=O) groups excluding carboxylic acids is 1. The third-order valence-electron chi connectivity index (χ3n) is 2.28. The highest BCUT2D eigenvalue weighted by Crippen LogP contribution is 2.18. The number of benzene rings is 1. The molecule has 0 bridgehead atoms. The predicted octanol–water partition coefficient (Wildman–Crippen LogP) is 3.62. The second-order valence-electron chi connectivity index (χ2n) is 3.69. The standard InChI is InChI=1S/C12H14Cl2FNO/c1-2-4-8(13)7-16-12(17)11-9(14)5-3-6-10(11)15/h3,5-6,8H,2,4,7H2,1H3,(H,16,17). The average molecular weight is 278 g/mol. The van der Waals surface area contributed by atoms with E-state index in [2.05, 4.69) is 5.32 Å². The Morgan fingerprint density at radius 3 is 2.82 bits per heavy atom. The first-order valence-electron chi connectivity index (χ1n) is 5.42. The molecule has 17 heavy (non-hydrogen) atoms. The fraction of sp³-hybridized carbons (Fsp3) is 0.417. The van der Waals surface area contributed by atoms with Crippen LogP contribution in [0.25, 0.3) is 0 Å². The van der Waals surface area contributed by atoms with Crippen molar-refractivity contribution >= 4 is 29.1 Å². The van der Waals surface area contributed by atoms with Crippen molar-refractivity contribution in [3.05, 3.63) is 34.6 Å². The molecule has 0 fully saturated rings. The van der Waals surface area contributed by atoms with Crippen LogP contribution in [0.15, 0.2) is 18.2 Å². The first-order chi connectivity index (χ1) is 8.06. The summed E-state index contributed by atoms with van der Waals surface area (Å²) >= 11 is 11.7. The van der Waals surface area contributed by atoms with Crippen LogP contribution in [0.5, 0.6) is 0 Å². The van der Waals surface area contributed by atoms with Gasteiger partial charge < -0.3 is 5.32 Å². The predicted molar refractivity (Wildman–Crippen MR) is 68.3 cm³/mol. The summed E-state index contributed by atoms with van der Waals surface area (Å²) in [5.74, 6) is -1.16. The lowest BCUT2D eigenvalue weighted by Gasteiger charge is -2.11. The summed E-state index contributed by atoms with van der Waals surface area (Å²) in [6.45, 7) is 2.31. The molecule has 0 radical (unpaired) electrons. The fourth-order valence-electron chi connectivity index (χ4n) is 1.42. The van der Waals surface area contributed by atoms with Gasteiger partial charge >= 0.3 is 0 Å².